The van der Waals surface area contributed by atoms with Crippen LogP contribution in [0.2, 0.25) is 5.02 Å². The van der Waals surface area contributed by atoms with E-state index in [2.05, 4.69) is 4.98 Å². The molecule has 0 atom stereocenters. The molecule has 3 aromatic carbocycles. The molecule has 1 aliphatic rings. The van der Waals surface area contributed by atoms with Gasteiger partial charge in [-0.05, 0) is 78.1 Å². The molecule has 44 heavy (non-hydrogen) atoms. The minimum absolute atomic E-state index is 0.0668. The van der Waals surface area contributed by atoms with Gasteiger partial charge in [0.05, 0.1) is 25.8 Å². The highest BCUT2D eigenvalue weighted by molar-refractivity contribution is 6.34. The molecule has 0 fully saturated rings. The number of methoxy groups -OCH3 is 1. The first kappa shape index (κ1) is 29.2. The molecule has 0 aliphatic carbocycles. The van der Waals surface area contributed by atoms with Gasteiger partial charge in [0.2, 0.25) is 0 Å². The normalized spacial score (nSPS) is 12.2. The summed E-state index contributed by atoms with van der Waals surface area (Å²) in [5.74, 6) is 0.147. The van der Waals surface area contributed by atoms with Crippen LogP contribution in [0.1, 0.15) is 43.2 Å². The number of carbonyl (C=O) groups excluding carboxylic acids is 2. The SMILES string of the molecule is COc1cc(-c2ccccc2C)c(Cl)cc1C(=O)N1Cc2ccc(C(=O)N(C)CCc3ccncc3)n2Cc2ccccc21. The molecule has 222 valence electrons. The van der Waals surface area contributed by atoms with E-state index in [-0.39, 0.29) is 18.4 Å². The van der Waals surface area contributed by atoms with E-state index in [0.717, 1.165) is 45.6 Å². The number of aryl methyl sites for hydroxylation is 1. The lowest BCUT2D eigenvalue weighted by atomic mass is 9.98. The average molecular weight is 605 g/mol. The number of rotatable bonds is 7. The Kier molecular flexibility index (Phi) is 8.22. The summed E-state index contributed by atoms with van der Waals surface area (Å²) >= 11 is 6.82. The summed E-state index contributed by atoms with van der Waals surface area (Å²) in [5, 5.41) is 0.470. The predicted octanol–water partition coefficient (Wildman–Crippen LogP) is 7.04. The molecule has 2 amide bonds. The van der Waals surface area contributed by atoms with Crippen LogP contribution in [0.25, 0.3) is 11.1 Å². The summed E-state index contributed by atoms with van der Waals surface area (Å²) in [6.45, 7) is 3.34. The number of anilines is 1. The van der Waals surface area contributed by atoms with E-state index in [1.165, 1.54) is 0 Å². The van der Waals surface area contributed by atoms with Crippen LogP contribution in [-0.4, -0.2) is 47.0 Å². The third-order valence-corrected chi connectivity index (χ3v) is 8.57. The van der Waals surface area contributed by atoms with E-state index in [4.69, 9.17) is 16.3 Å². The standard InChI is InChI=1S/C36H33ClN4O3/c1-24-8-4-6-10-28(24)29-21-34(44-3)30(20-31(29)37)35(42)41-23-27-12-13-33(40(27)22-26-9-5-7-11-32(26)41)36(43)39(2)19-16-25-14-17-38-18-15-25/h4-15,17-18,20-21H,16,19,22-23H2,1-3H3. The Morgan fingerprint density at radius 3 is 2.45 bits per heavy atom. The van der Waals surface area contributed by atoms with Gasteiger partial charge in [-0.25, -0.2) is 0 Å². The number of hydrogen-bond donors (Lipinski definition) is 0. The van der Waals surface area contributed by atoms with Gasteiger partial charge in [-0.2, -0.15) is 0 Å². The van der Waals surface area contributed by atoms with Crippen molar-refractivity contribution in [2.24, 2.45) is 0 Å². The van der Waals surface area contributed by atoms with E-state index >= 15 is 0 Å². The zero-order valence-corrected chi connectivity index (χ0v) is 25.7. The van der Waals surface area contributed by atoms with Crippen LogP contribution in [0.15, 0.2) is 97.3 Å². The minimum atomic E-state index is -0.232. The van der Waals surface area contributed by atoms with Crippen molar-refractivity contribution in [1.82, 2.24) is 14.5 Å². The summed E-state index contributed by atoms with van der Waals surface area (Å²) in [6, 6.07) is 27.0. The highest BCUT2D eigenvalue weighted by Crippen LogP contribution is 2.38. The number of carbonyl (C=O) groups is 2. The van der Waals surface area contributed by atoms with Gasteiger partial charge >= 0.3 is 0 Å². The van der Waals surface area contributed by atoms with Crippen molar-refractivity contribution in [3.63, 3.8) is 0 Å². The number of likely N-dealkylation sites (N-methyl/N-ethyl adjacent to an activating group) is 1. The quantitative estimate of drug-likeness (QED) is 0.200. The number of fused-ring (bicyclic) bond motifs is 2. The van der Waals surface area contributed by atoms with Gasteiger partial charge in [-0.3, -0.25) is 14.6 Å². The van der Waals surface area contributed by atoms with Gasteiger partial charge in [0.1, 0.15) is 11.4 Å². The van der Waals surface area contributed by atoms with Crippen LogP contribution in [0.5, 0.6) is 5.75 Å². The summed E-state index contributed by atoms with van der Waals surface area (Å²) in [4.78, 5) is 35.5. The fourth-order valence-electron chi connectivity index (χ4n) is 5.79. The molecule has 0 radical (unpaired) electrons. The number of ether oxygens (including phenoxy) is 1. The molecule has 0 spiro atoms. The van der Waals surface area contributed by atoms with Crippen molar-refractivity contribution in [1.29, 1.82) is 0 Å². The van der Waals surface area contributed by atoms with Crippen LogP contribution in [0.4, 0.5) is 5.69 Å². The first-order chi connectivity index (χ1) is 21.4. The first-order valence-electron chi connectivity index (χ1n) is 14.5. The smallest absolute Gasteiger partial charge is 0.270 e. The maximum Gasteiger partial charge on any atom is 0.270 e. The lowest BCUT2D eigenvalue weighted by molar-refractivity contribution is 0.0786. The number of nitrogens with zero attached hydrogens (tertiary/aromatic N) is 4. The molecule has 0 saturated carbocycles. The highest BCUT2D eigenvalue weighted by atomic mass is 35.5. The van der Waals surface area contributed by atoms with E-state index in [1.807, 2.05) is 97.4 Å². The van der Waals surface area contributed by atoms with E-state index in [9.17, 15) is 9.59 Å². The molecule has 0 unspecified atom stereocenters. The molecule has 0 bridgehead atoms. The van der Waals surface area contributed by atoms with Gasteiger partial charge < -0.3 is 19.1 Å². The maximum atomic E-state index is 14.3. The summed E-state index contributed by atoms with van der Waals surface area (Å²) in [6.07, 6.45) is 4.25. The van der Waals surface area contributed by atoms with Crippen molar-refractivity contribution in [2.75, 3.05) is 25.6 Å². The molecule has 0 saturated heterocycles. The van der Waals surface area contributed by atoms with E-state index in [1.54, 1.807) is 35.4 Å². The van der Waals surface area contributed by atoms with Crippen molar-refractivity contribution in [3.8, 4) is 16.9 Å². The third-order valence-electron chi connectivity index (χ3n) is 8.25. The lowest BCUT2D eigenvalue weighted by Gasteiger charge is -2.24. The second-order valence-electron chi connectivity index (χ2n) is 11.0. The monoisotopic (exact) mass is 604 g/mol. The summed E-state index contributed by atoms with van der Waals surface area (Å²) in [7, 11) is 3.38. The van der Waals surface area contributed by atoms with Gasteiger partial charge in [-0.1, -0.05) is 54.1 Å². The van der Waals surface area contributed by atoms with Crippen LogP contribution in [0.3, 0.4) is 0 Å². The van der Waals surface area contributed by atoms with Gasteiger partial charge in [0, 0.05) is 48.0 Å². The van der Waals surface area contributed by atoms with Crippen LogP contribution < -0.4 is 9.64 Å². The second-order valence-corrected chi connectivity index (χ2v) is 11.4. The van der Waals surface area contributed by atoms with E-state index < -0.39 is 0 Å². The molecule has 2 aromatic heterocycles. The fourth-order valence-corrected chi connectivity index (χ4v) is 6.05. The highest BCUT2D eigenvalue weighted by Gasteiger charge is 2.30. The number of benzene rings is 3. The summed E-state index contributed by atoms with van der Waals surface area (Å²) in [5.41, 5.74) is 7.53. The average Bonchev–Trinajstić information content (AvgIpc) is 3.36. The van der Waals surface area contributed by atoms with Gasteiger partial charge in [0.25, 0.3) is 11.8 Å². The Hall–Kier alpha value is -4.88. The molecule has 6 rings (SSSR count). The molecular weight excluding hydrogens is 572 g/mol. The fraction of sp³-hybridized carbons (Fsp3) is 0.194. The third kappa shape index (κ3) is 5.58. The molecule has 1 aliphatic heterocycles. The number of pyridine rings is 1. The number of aromatic nitrogens is 2. The van der Waals surface area contributed by atoms with E-state index in [0.29, 0.717) is 35.1 Å². The Morgan fingerprint density at radius 2 is 1.68 bits per heavy atom. The number of para-hydroxylation sites is 1. The van der Waals surface area contributed by atoms with Crippen molar-refractivity contribution >= 4 is 29.1 Å². The topological polar surface area (TPSA) is 67.7 Å². The number of halogens is 1. The van der Waals surface area contributed by atoms with Gasteiger partial charge in [0.15, 0.2) is 0 Å². The zero-order chi connectivity index (χ0) is 30.8. The molecule has 8 heteroatoms. The largest absolute Gasteiger partial charge is 0.496 e. The molecular formula is C36H33ClN4O3. The molecule has 5 aromatic rings. The number of hydrogen-bond acceptors (Lipinski definition) is 4. The second kappa shape index (κ2) is 12.4. The zero-order valence-electron chi connectivity index (χ0n) is 25.0. The Morgan fingerprint density at radius 1 is 0.932 bits per heavy atom. The minimum Gasteiger partial charge on any atom is -0.496 e. The number of amides is 2. The molecule has 3 heterocycles. The summed E-state index contributed by atoms with van der Waals surface area (Å²) < 4.78 is 7.77. The Balaban J connectivity index is 1.33. The van der Waals surface area contributed by atoms with Crippen molar-refractivity contribution < 1.29 is 14.3 Å². The van der Waals surface area contributed by atoms with Crippen molar-refractivity contribution in [3.05, 3.63) is 136 Å². The maximum absolute atomic E-state index is 14.3. The van der Waals surface area contributed by atoms with Crippen molar-refractivity contribution in [2.45, 2.75) is 26.4 Å². The predicted molar refractivity (Wildman–Crippen MR) is 174 cm³/mol. The Bertz CT molecular complexity index is 1850. The Labute approximate surface area is 262 Å². The van der Waals surface area contributed by atoms with Crippen LogP contribution in [-0.2, 0) is 19.5 Å². The molecule has 0 N–H and O–H groups in total. The molecule has 7 nitrogen and oxygen atoms in total. The van der Waals surface area contributed by atoms with Crippen LogP contribution in [0, 0.1) is 6.92 Å². The first-order valence-corrected chi connectivity index (χ1v) is 14.9. The lowest BCUT2D eigenvalue weighted by Crippen LogP contribution is -2.32. The van der Waals surface area contributed by atoms with Gasteiger partial charge in [-0.15, -0.1) is 0 Å². The van der Waals surface area contributed by atoms with Crippen LogP contribution >= 0.6 is 11.6 Å².